The van der Waals surface area contributed by atoms with E-state index in [4.69, 9.17) is 9.47 Å². The number of carbonyl (C=O) groups excluding carboxylic acids is 1. The number of esters is 1. The maximum Gasteiger partial charge on any atom is 0.320 e. The second-order valence-corrected chi connectivity index (χ2v) is 3.02. The molecule has 0 spiro atoms. The lowest BCUT2D eigenvalue weighted by molar-refractivity contribution is -0.144. The Morgan fingerprint density at radius 2 is 2.15 bits per heavy atom. The summed E-state index contributed by atoms with van der Waals surface area (Å²) >= 11 is 0. The number of ether oxygens (including phenoxy) is 2. The first-order valence-electron chi connectivity index (χ1n) is 4.46. The van der Waals surface area contributed by atoms with Crippen LogP contribution in [0.1, 0.15) is 13.8 Å². The fraction of sp³-hybridized carbons (Fsp3) is 0.889. The normalized spacial score (nSPS) is 13.0. The fourth-order valence-electron chi connectivity index (χ4n) is 0.935. The van der Waals surface area contributed by atoms with Crippen molar-refractivity contribution in [3.8, 4) is 0 Å². The average Bonchev–Trinajstić information content (AvgIpc) is 2.05. The first-order chi connectivity index (χ1) is 6.11. The van der Waals surface area contributed by atoms with E-state index < -0.39 is 0 Å². The Hall–Kier alpha value is -0.610. The van der Waals surface area contributed by atoms with E-state index in [2.05, 4.69) is 0 Å². The van der Waals surface area contributed by atoms with Gasteiger partial charge in [-0.2, -0.15) is 0 Å². The molecule has 0 aromatic heterocycles. The molecule has 0 amide bonds. The predicted molar refractivity (Wildman–Crippen MR) is 50.6 cm³/mol. The number of likely N-dealkylation sites (N-methyl/N-ethyl adjacent to an activating group) is 1. The quantitative estimate of drug-likeness (QED) is 0.571. The van der Waals surface area contributed by atoms with E-state index in [1.165, 1.54) is 0 Å². The van der Waals surface area contributed by atoms with E-state index in [1.807, 2.05) is 18.9 Å². The number of nitrogens with zero attached hydrogens (tertiary/aromatic N) is 1. The summed E-state index contributed by atoms with van der Waals surface area (Å²) in [6.45, 7) is 5.18. The van der Waals surface area contributed by atoms with Gasteiger partial charge in [0.05, 0.1) is 19.8 Å². The standard InChI is InChI=1S/C9H19NO3/c1-5-13-9(11)6-10(3)8(2)7-12-4/h8H,5-7H2,1-4H3. The second-order valence-electron chi connectivity index (χ2n) is 3.02. The summed E-state index contributed by atoms with van der Waals surface area (Å²) in [5.74, 6) is -0.187. The number of carbonyl (C=O) groups is 1. The molecule has 0 aliphatic heterocycles. The fourth-order valence-corrected chi connectivity index (χ4v) is 0.935. The molecule has 0 rings (SSSR count). The van der Waals surface area contributed by atoms with Gasteiger partial charge in [-0.15, -0.1) is 0 Å². The average molecular weight is 189 g/mol. The minimum absolute atomic E-state index is 0.187. The number of hydrogen-bond acceptors (Lipinski definition) is 4. The monoisotopic (exact) mass is 189 g/mol. The van der Waals surface area contributed by atoms with Crippen LogP contribution in [0.5, 0.6) is 0 Å². The molecule has 4 nitrogen and oxygen atoms in total. The van der Waals surface area contributed by atoms with E-state index in [9.17, 15) is 4.79 Å². The SMILES string of the molecule is CCOC(=O)CN(C)C(C)COC. The van der Waals surface area contributed by atoms with E-state index in [0.717, 1.165) is 0 Å². The summed E-state index contributed by atoms with van der Waals surface area (Å²) in [4.78, 5) is 13.0. The summed E-state index contributed by atoms with van der Waals surface area (Å²) in [6, 6.07) is 0.231. The molecule has 0 bridgehead atoms. The summed E-state index contributed by atoms with van der Waals surface area (Å²) in [5.41, 5.74) is 0. The van der Waals surface area contributed by atoms with Gasteiger partial charge in [-0.25, -0.2) is 0 Å². The molecule has 0 saturated carbocycles. The van der Waals surface area contributed by atoms with Gasteiger partial charge in [-0.1, -0.05) is 0 Å². The molecule has 0 saturated heterocycles. The molecule has 0 radical (unpaired) electrons. The highest BCUT2D eigenvalue weighted by molar-refractivity contribution is 5.71. The molecule has 0 aromatic carbocycles. The Bertz CT molecular complexity index is 150. The van der Waals surface area contributed by atoms with Crippen LogP contribution in [-0.2, 0) is 14.3 Å². The molecule has 0 fully saturated rings. The van der Waals surface area contributed by atoms with Crippen LogP contribution in [0.3, 0.4) is 0 Å². The molecule has 0 aliphatic carbocycles. The van der Waals surface area contributed by atoms with Crippen LogP contribution >= 0.6 is 0 Å². The Labute approximate surface area is 79.8 Å². The Morgan fingerprint density at radius 1 is 1.54 bits per heavy atom. The predicted octanol–water partition coefficient (Wildman–Crippen LogP) is 0.516. The van der Waals surface area contributed by atoms with Gasteiger partial charge in [0, 0.05) is 13.2 Å². The van der Waals surface area contributed by atoms with Gasteiger partial charge < -0.3 is 9.47 Å². The highest BCUT2D eigenvalue weighted by Crippen LogP contribution is 1.96. The maximum absolute atomic E-state index is 11.1. The first kappa shape index (κ1) is 12.4. The second kappa shape index (κ2) is 6.86. The molecule has 0 aromatic rings. The Kier molecular flexibility index (Phi) is 6.54. The smallest absolute Gasteiger partial charge is 0.320 e. The maximum atomic E-state index is 11.1. The van der Waals surface area contributed by atoms with Gasteiger partial charge in [0.2, 0.25) is 0 Å². The van der Waals surface area contributed by atoms with Crippen LogP contribution in [0.25, 0.3) is 0 Å². The summed E-state index contributed by atoms with van der Waals surface area (Å²) in [6.07, 6.45) is 0. The molecular weight excluding hydrogens is 170 g/mol. The van der Waals surface area contributed by atoms with Crippen molar-refractivity contribution in [1.82, 2.24) is 4.90 Å². The van der Waals surface area contributed by atoms with Gasteiger partial charge in [0.1, 0.15) is 0 Å². The van der Waals surface area contributed by atoms with Crippen molar-refractivity contribution >= 4 is 5.97 Å². The molecule has 0 N–H and O–H groups in total. The third-order valence-corrected chi connectivity index (χ3v) is 1.84. The van der Waals surface area contributed by atoms with Crippen LogP contribution in [-0.4, -0.2) is 50.8 Å². The van der Waals surface area contributed by atoms with Crippen molar-refractivity contribution in [3.63, 3.8) is 0 Å². The van der Waals surface area contributed by atoms with Crippen molar-refractivity contribution in [2.75, 3.05) is 33.9 Å². The Morgan fingerprint density at radius 3 is 2.62 bits per heavy atom. The van der Waals surface area contributed by atoms with Crippen LogP contribution in [0, 0.1) is 0 Å². The van der Waals surface area contributed by atoms with Crippen LogP contribution in [0.2, 0.25) is 0 Å². The van der Waals surface area contributed by atoms with Crippen LogP contribution in [0.4, 0.5) is 0 Å². The first-order valence-corrected chi connectivity index (χ1v) is 4.46. The van der Waals surface area contributed by atoms with Crippen LogP contribution in [0.15, 0.2) is 0 Å². The van der Waals surface area contributed by atoms with Gasteiger partial charge in [-0.3, -0.25) is 9.69 Å². The summed E-state index contributed by atoms with van der Waals surface area (Å²) < 4.78 is 9.79. The molecule has 13 heavy (non-hydrogen) atoms. The molecular formula is C9H19NO3. The lowest BCUT2D eigenvalue weighted by Gasteiger charge is -2.22. The van der Waals surface area contributed by atoms with E-state index in [1.54, 1.807) is 14.0 Å². The van der Waals surface area contributed by atoms with Crippen molar-refractivity contribution in [3.05, 3.63) is 0 Å². The van der Waals surface area contributed by atoms with Gasteiger partial charge in [0.15, 0.2) is 0 Å². The largest absolute Gasteiger partial charge is 0.465 e. The van der Waals surface area contributed by atoms with Gasteiger partial charge in [-0.05, 0) is 20.9 Å². The highest BCUT2D eigenvalue weighted by Gasteiger charge is 2.12. The molecule has 0 aliphatic rings. The minimum Gasteiger partial charge on any atom is -0.465 e. The topological polar surface area (TPSA) is 38.8 Å². The lowest BCUT2D eigenvalue weighted by Crippen LogP contribution is -2.37. The Balaban J connectivity index is 3.71. The summed E-state index contributed by atoms with van der Waals surface area (Å²) in [5, 5.41) is 0. The van der Waals surface area contributed by atoms with E-state index >= 15 is 0 Å². The third-order valence-electron chi connectivity index (χ3n) is 1.84. The van der Waals surface area contributed by atoms with Crippen molar-refractivity contribution in [2.24, 2.45) is 0 Å². The molecule has 4 heteroatoms. The number of methoxy groups -OCH3 is 1. The zero-order chi connectivity index (χ0) is 10.3. The number of rotatable bonds is 6. The van der Waals surface area contributed by atoms with Crippen molar-refractivity contribution in [2.45, 2.75) is 19.9 Å². The van der Waals surface area contributed by atoms with Crippen molar-refractivity contribution < 1.29 is 14.3 Å². The minimum atomic E-state index is -0.187. The molecule has 0 heterocycles. The third kappa shape index (κ3) is 5.60. The van der Waals surface area contributed by atoms with E-state index in [-0.39, 0.29) is 12.0 Å². The van der Waals surface area contributed by atoms with Gasteiger partial charge in [0.25, 0.3) is 0 Å². The molecule has 1 atom stereocenters. The summed E-state index contributed by atoms with van der Waals surface area (Å²) in [7, 11) is 3.52. The van der Waals surface area contributed by atoms with Crippen molar-refractivity contribution in [1.29, 1.82) is 0 Å². The zero-order valence-electron chi connectivity index (χ0n) is 8.87. The van der Waals surface area contributed by atoms with E-state index in [0.29, 0.717) is 19.8 Å². The zero-order valence-corrected chi connectivity index (χ0v) is 8.87. The molecule has 1 unspecified atom stereocenters. The van der Waals surface area contributed by atoms with Crippen LogP contribution < -0.4 is 0 Å². The lowest BCUT2D eigenvalue weighted by atomic mass is 10.3. The number of hydrogen-bond donors (Lipinski definition) is 0. The molecule has 78 valence electrons. The van der Waals surface area contributed by atoms with Gasteiger partial charge >= 0.3 is 5.97 Å². The highest BCUT2D eigenvalue weighted by atomic mass is 16.5.